The van der Waals surface area contributed by atoms with Gasteiger partial charge >= 0.3 is 5.97 Å². The number of Topliss-reactive ketones (excluding diaryl/α,β-unsaturated/α-hetero) is 1. The number of likely N-dealkylation sites (tertiary alicyclic amines) is 1. The number of nitrogens with zero attached hydrogens (tertiary/aromatic N) is 1. The second-order valence-electron chi connectivity index (χ2n) is 11.1. The highest BCUT2D eigenvalue weighted by Gasteiger charge is 2.56. The highest BCUT2D eigenvalue weighted by molar-refractivity contribution is 7.99. The van der Waals surface area contributed by atoms with Gasteiger partial charge in [-0.05, 0) is 42.8 Å². The molecule has 1 N–H and O–H groups in total. The van der Waals surface area contributed by atoms with Crippen LogP contribution in [0.2, 0.25) is 18.1 Å². The topological polar surface area (TPSA) is 102 Å². The first kappa shape index (κ1) is 29.4. The Morgan fingerprint density at radius 3 is 2.41 bits per heavy atom. The number of methoxy groups -OCH3 is 1. The number of carbonyl (C=O) groups is 3. The fourth-order valence-corrected chi connectivity index (χ4v) is 6.68. The minimum Gasteiger partial charge on any atom is -0.497 e. The number of aliphatic hydroxyl groups is 1. The second kappa shape index (κ2) is 11.7. The summed E-state index contributed by atoms with van der Waals surface area (Å²) in [5.41, 5.74) is 1.43. The van der Waals surface area contributed by atoms with Crippen LogP contribution in [-0.4, -0.2) is 73.0 Å². The molecule has 3 rings (SSSR count). The van der Waals surface area contributed by atoms with E-state index < -0.39 is 44.5 Å². The summed E-state index contributed by atoms with van der Waals surface area (Å²) in [4.78, 5) is 40.1. The number of aliphatic hydroxyl groups excluding tert-OH is 1. The van der Waals surface area contributed by atoms with E-state index in [1.807, 2.05) is 13.0 Å². The third kappa shape index (κ3) is 6.65. The zero-order chi connectivity index (χ0) is 27.5. The van der Waals surface area contributed by atoms with E-state index >= 15 is 0 Å². The minimum absolute atomic E-state index is 0.0246. The summed E-state index contributed by atoms with van der Waals surface area (Å²) in [6.07, 6.45) is -0.331. The van der Waals surface area contributed by atoms with Gasteiger partial charge in [-0.3, -0.25) is 9.59 Å². The monoisotopic (exact) mass is 549 g/mol. The molecule has 0 aromatic heterocycles. The molecule has 1 aromatic rings. The average molecular weight is 550 g/mol. The lowest BCUT2D eigenvalue weighted by molar-refractivity contribution is -0.197. The molecule has 1 unspecified atom stereocenters. The highest BCUT2D eigenvalue weighted by atomic mass is 32.2. The van der Waals surface area contributed by atoms with Gasteiger partial charge in [-0.15, -0.1) is 0 Å². The van der Waals surface area contributed by atoms with Crippen molar-refractivity contribution in [3.05, 3.63) is 41.5 Å². The van der Waals surface area contributed by atoms with Gasteiger partial charge in [0.2, 0.25) is 12.1 Å². The Morgan fingerprint density at radius 2 is 1.86 bits per heavy atom. The van der Waals surface area contributed by atoms with E-state index in [0.717, 1.165) is 16.2 Å². The van der Waals surface area contributed by atoms with Crippen LogP contribution in [0.15, 0.2) is 35.9 Å². The van der Waals surface area contributed by atoms with Gasteiger partial charge in [-0.1, -0.05) is 39.0 Å². The lowest BCUT2D eigenvalue weighted by Crippen LogP contribution is -2.70. The van der Waals surface area contributed by atoms with Crippen molar-refractivity contribution >= 4 is 37.7 Å². The van der Waals surface area contributed by atoms with E-state index in [1.54, 1.807) is 43.1 Å². The molecule has 1 fully saturated rings. The van der Waals surface area contributed by atoms with E-state index in [2.05, 4.69) is 33.9 Å². The van der Waals surface area contributed by atoms with E-state index in [9.17, 15) is 19.5 Å². The van der Waals surface area contributed by atoms with Crippen molar-refractivity contribution in [2.24, 2.45) is 5.92 Å². The quantitative estimate of drug-likeness (QED) is 0.252. The summed E-state index contributed by atoms with van der Waals surface area (Å²) < 4.78 is 16.9. The molecular weight excluding hydrogens is 510 g/mol. The molecule has 0 radical (unpaired) electrons. The fourth-order valence-electron chi connectivity index (χ4n) is 4.31. The molecule has 1 amide bonds. The molecule has 1 saturated heterocycles. The van der Waals surface area contributed by atoms with E-state index in [-0.39, 0.29) is 23.8 Å². The van der Waals surface area contributed by atoms with E-state index in [4.69, 9.17) is 13.9 Å². The first-order chi connectivity index (χ1) is 17.3. The lowest BCUT2D eigenvalue weighted by atomic mass is 9.79. The number of ether oxygens (including phenoxy) is 2. The predicted molar refractivity (Wildman–Crippen MR) is 146 cm³/mol. The van der Waals surface area contributed by atoms with Crippen LogP contribution in [0.4, 0.5) is 0 Å². The Labute approximate surface area is 224 Å². The van der Waals surface area contributed by atoms with Crippen molar-refractivity contribution in [1.82, 2.24) is 4.90 Å². The average Bonchev–Trinajstić information content (AvgIpc) is 3.36. The largest absolute Gasteiger partial charge is 0.497 e. The van der Waals surface area contributed by atoms with Crippen molar-refractivity contribution < 1.29 is 33.4 Å². The predicted octanol–water partition coefficient (Wildman–Crippen LogP) is 3.93. The Hall–Kier alpha value is -2.14. The van der Waals surface area contributed by atoms with Crippen LogP contribution >= 0.6 is 11.8 Å². The van der Waals surface area contributed by atoms with Gasteiger partial charge in [0.1, 0.15) is 12.4 Å². The maximum absolute atomic E-state index is 13.3. The summed E-state index contributed by atoms with van der Waals surface area (Å²) in [6, 6.07) is 6.32. The van der Waals surface area contributed by atoms with Gasteiger partial charge in [0, 0.05) is 23.5 Å². The third-order valence-electron chi connectivity index (χ3n) is 7.58. The molecule has 0 saturated carbocycles. The third-order valence-corrected chi connectivity index (χ3v) is 13.1. The number of β-lactam (4-membered cyclic amide) rings is 1. The summed E-state index contributed by atoms with van der Waals surface area (Å²) in [5.74, 6) is 0.0361. The summed E-state index contributed by atoms with van der Waals surface area (Å²) >= 11 is 1.66. The number of benzene rings is 1. The van der Waals surface area contributed by atoms with Crippen LogP contribution < -0.4 is 4.74 Å². The summed E-state index contributed by atoms with van der Waals surface area (Å²) in [7, 11) is -0.640. The number of thioether (sulfide) groups is 1. The number of esters is 1. The lowest BCUT2D eigenvalue weighted by Gasteiger charge is -2.52. The Kier molecular flexibility index (Phi) is 9.31. The van der Waals surface area contributed by atoms with Crippen molar-refractivity contribution in [3.8, 4) is 5.75 Å². The number of ketones is 1. The number of rotatable bonds is 11. The van der Waals surface area contributed by atoms with Gasteiger partial charge < -0.3 is 23.9 Å². The number of hydrogen-bond acceptors (Lipinski definition) is 8. The molecule has 204 valence electrons. The first-order valence-corrected chi connectivity index (χ1v) is 16.6. The molecule has 2 aliphatic heterocycles. The molecule has 4 atom stereocenters. The molecular formula is C27H39NO7SSi. The zero-order valence-electron chi connectivity index (χ0n) is 22.8. The SMILES string of the molecule is COc1ccc(COC(=O)C(O)N2C(=O)[C@H]([C@@H](C)O[Si](C)(C)C(C)(C)C)[C@H]2CC(=O)C2=CCSC2)cc1. The Morgan fingerprint density at radius 1 is 1.22 bits per heavy atom. The van der Waals surface area contributed by atoms with Gasteiger partial charge in [0.15, 0.2) is 14.1 Å². The van der Waals surface area contributed by atoms with Crippen molar-refractivity contribution in [1.29, 1.82) is 0 Å². The second-order valence-corrected chi connectivity index (χ2v) is 16.9. The van der Waals surface area contributed by atoms with Gasteiger partial charge in [-0.2, -0.15) is 11.8 Å². The maximum Gasteiger partial charge on any atom is 0.356 e. The van der Waals surface area contributed by atoms with Crippen molar-refractivity contribution in [2.45, 2.75) is 77.2 Å². The number of hydrogen-bond donors (Lipinski definition) is 1. The van der Waals surface area contributed by atoms with Crippen molar-refractivity contribution in [2.75, 3.05) is 18.6 Å². The Balaban J connectivity index is 1.73. The van der Waals surface area contributed by atoms with Crippen LogP contribution in [0.3, 0.4) is 0 Å². The fraction of sp³-hybridized carbons (Fsp3) is 0.593. The summed E-state index contributed by atoms with van der Waals surface area (Å²) in [6.45, 7) is 12.4. The molecule has 37 heavy (non-hydrogen) atoms. The van der Waals surface area contributed by atoms with Crippen LogP contribution in [0, 0.1) is 5.92 Å². The highest BCUT2D eigenvalue weighted by Crippen LogP contribution is 2.42. The van der Waals surface area contributed by atoms with Crippen LogP contribution in [-0.2, 0) is 30.2 Å². The zero-order valence-corrected chi connectivity index (χ0v) is 24.6. The van der Waals surface area contributed by atoms with E-state index in [0.29, 0.717) is 17.1 Å². The minimum atomic E-state index is -2.20. The molecule has 0 spiro atoms. The van der Waals surface area contributed by atoms with Crippen LogP contribution in [0.5, 0.6) is 5.75 Å². The number of carbonyl (C=O) groups excluding carboxylic acids is 3. The van der Waals surface area contributed by atoms with Gasteiger partial charge in [0.05, 0.1) is 25.2 Å². The molecule has 10 heteroatoms. The first-order valence-electron chi connectivity index (χ1n) is 12.5. The smallest absolute Gasteiger partial charge is 0.356 e. The molecule has 1 aromatic carbocycles. The molecule has 2 aliphatic rings. The van der Waals surface area contributed by atoms with Gasteiger partial charge in [0.25, 0.3) is 0 Å². The molecule has 0 bridgehead atoms. The number of amides is 1. The normalized spacial score (nSPS) is 21.7. The Bertz CT molecular complexity index is 1030. The summed E-state index contributed by atoms with van der Waals surface area (Å²) in [5, 5.41) is 10.8. The standard InChI is InChI=1S/C27H39NO7SSi/c1-17(35-37(6,7)27(2,3)4)23-21(14-22(29)19-12-13-36-16-19)28(24(23)30)25(31)26(32)34-15-18-8-10-20(33-5)11-9-18/h8-12,17,21,23,25,31H,13-16H2,1-7H3/t17-,21-,23-,25?/m1/s1. The molecule has 8 nitrogen and oxygen atoms in total. The maximum atomic E-state index is 13.3. The van der Waals surface area contributed by atoms with Gasteiger partial charge in [-0.25, -0.2) is 4.79 Å². The molecule has 2 heterocycles. The van der Waals surface area contributed by atoms with E-state index in [1.165, 1.54) is 0 Å². The van der Waals surface area contributed by atoms with Crippen LogP contribution in [0.1, 0.15) is 39.7 Å². The van der Waals surface area contributed by atoms with Crippen LogP contribution in [0.25, 0.3) is 0 Å². The van der Waals surface area contributed by atoms with Crippen molar-refractivity contribution in [3.63, 3.8) is 0 Å². The molecule has 0 aliphatic carbocycles.